The normalized spacial score (nSPS) is 10.4. The fraction of sp³-hybridized carbons (Fsp3) is 0.316. The summed E-state index contributed by atoms with van der Waals surface area (Å²) in [6.07, 6.45) is 1.03. The number of benzene rings is 2. The van der Waals surface area contributed by atoms with Gasteiger partial charge in [-0.15, -0.1) is 0 Å². The molecular weight excluding hydrogens is 307 g/mol. The minimum Gasteiger partial charge on any atom is -0.493 e. The maximum absolute atomic E-state index is 12.8. The highest BCUT2D eigenvalue weighted by atomic mass is 19.1. The van der Waals surface area contributed by atoms with Crippen molar-refractivity contribution in [2.24, 2.45) is 5.73 Å². The Bertz CT molecular complexity index is 617. The maximum atomic E-state index is 12.8. The van der Waals surface area contributed by atoms with E-state index in [-0.39, 0.29) is 24.8 Å². The number of rotatable bonds is 9. The average molecular weight is 330 g/mol. The number of ether oxygens (including phenoxy) is 1. The molecule has 1 amide bonds. The lowest BCUT2D eigenvalue weighted by Gasteiger charge is -2.23. The van der Waals surface area contributed by atoms with Gasteiger partial charge >= 0.3 is 0 Å². The molecule has 0 atom stereocenters. The van der Waals surface area contributed by atoms with E-state index in [0.717, 1.165) is 12.0 Å². The van der Waals surface area contributed by atoms with E-state index >= 15 is 0 Å². The molecule has 0 unspecified atom stereocenters. The predicted octanol–water partition coefficient (Wildman–Crippen LogP) is 2.97. The molecule has 2 aromatic rings. The minimum atomic E-state index is -0.311. The van der Waals surface area contributed by atoms with Crippen molar-refractivity contribution < 1.29 is 13.9 Å². The van der Waals surface area contributed by atoms with E-state index in [0.29, 0.717) is 25.4 Å². The average Bonchev–Trinajstić information content (AvgIpc) is 2.61. The van der Waals surface area contributed by atoms with E-state index in [9.17, 15) is 9.18 Å². The fourth-order valence-corrected chi connectivity index (χ4v) is 2.32. The summed E-state index contributed by atoms with van der Waals surface area (Å²) in [4.78, 5) is 14.2. The molecule has 0 saturated carbocycles. The van der Waals surface area contributed by atoms with Gasteiger partial charge in [0.2, 0.25) is 5.91 Å². The molecule has 0 aliphatic heterocycles. The number of nitrogens with zero attached hydrogens (tertiary/aromatic N) is 1. The zero-order valence-electron chi connectivity index (χ0n) is 13.7. The first kappa shape index (κ1) is 17.9. The molecule has 2 rings (SSSR count). The van der Waals surface area contributed by atoms with Crippen LogP contribution in [-0.2, 0) is 11.3 Å². The summed E-state index contributed by atoms with van der Waals surface area (Å²) in [7, 11) is 0. The molecule has 0 aliphatic rings. The zero-order valence-corrected chi connectivity index (χ0v) is 13.7. The highest BCUT2D eigenvalue weighted by Gasteiger charge is 2.13. The first-order valence-electron chi connectivity index (χ1n) is 8.09. The number of nitrogens with two attached hydrogens (primary N) is 1. The van der Waals surface area contributed by atoms with Gasteiger partial charge in [-0.05, 0) is 42.8 Å². The Morgan fingerprint density at radius 3 is 2.46 bits per heavy atom. The molecule has 0 aliphatic carbocycles. The van der Waals surface area contributed by atoms with Crippen LogP contribution in [0.1, 0.15) is 18.4 Å². The van der Waals surface area contributed by atoms with Crippen molar-refractivity contribution in [3.8, 4) is 5.75 Å². The van der Waals surface area contributed by atoms with Gasteiger partial charge in [0.25, 0.3) is 0 Å². The van der Waals surface area contributed by atoms with Crippen LogP contribution in [-0.4, -0.2) is 30.5 Å². The lowest BCUT2D eigenvalue weighted by Crippen LogP contribution is -2.33. The number of hydrogen-bond acceptors (Lipinski definition) is 3. The van der Waals surface area contributed by atoms with Crippen LogP contribution in [0, 0.1) is 5.82 Å². The second kappa shape index (κ2) is 9.67. The maximum Gasteiger partial charge on any atom is 0.226 e. The van der Waals surface area contributed by atoms with Crippen molar-refractivity contribution in [2.45, 2.75) is 19.4 Å². The molecule has 0 spiro atoms. The Morgan fingerprint density at radius 1 is 1.08 bits per heavy atom. The monoisotopic (exact) mass is 330 g/mol. The molecule has 5 heteroatoms. The number of hydrogen-bond donors (Lipinski definition) is 1. The summed E-state index contributed by atoms with van der Waals surface area (Å²) >= 11 is 0. The van der Waals surface area contributed by atoms with Crippen LogP contribution in [0.15, 0.2) is 54.6 Å². The Hall–Kier alpha value is -2.40. The van der Waals surface area contributed by atoms with Crippen molar-refractivity contribution in [1.29, 1.82) is 0 Å². The second-order valence-corrected chi connectivity index (χ2v) is 5.50. The predicted molar refractivity (Wildman–Crippen MR) is 92.0 cm³/mol. The lowest BCUT2D eigenvalue weighted by molar-refractivity contribution is -0.132. The highest BCUT2D eigenvalue weighted by molar-refractivity contribution is 5.76. The van der Waals surface area contributed by atoms with Gasteiger partial charge in [-0.25, -0.2) is 4.39 Å². The quantitative estimate of drug-likeness (QED) is 0.769. The van der Waals surface area contributed by atoms with Crippen LogP contribution in [0.25, 0.3) is 0 Å². The Morgan fingerprint density at radius 2 is 1.79 bits per heavy atom. The van der Waals surface area contributed by atoms with Gasteiger partial charge in [-0.1, -0.05) is 30.3 Å². The van der Waals surface area contributed by atoms with Crippen molar-refractivity contribution >= 4 is 5.91 Å². The highest BCUT2D eigenvalue weighted by Crippen LogP contribution is 2.12. The zero-order chi connectivity index (χ0) is 17.2. The van der Waals surface area contributed by atoms with Gasteiger partial charge in [0.1, 0.15) is 11.6 Å². The van der Waals surface area contributed by atoms with Gasteiger partial charge in [-0.3, -0.25) is 4.79 Å². The molecule has 2 N–H and O–H groups in total. The second-order valence-electron chi connectivity index (χ2n) is 5.50. The standard InChI is InChI=1S/C19H23FN2O2/c20-17-7-9-18(10-8-17)24-14-11-19(23)22(13-4-12-21)15-16-5-2-1-3-6-16/h1-3,5-10H,4,11-15,21H2. The summed E-state index contributed by atoms with van der Waals surface area (Å²) in [5.74, 6) is 0.268. The molecule has 0 radical (unpaired) electrons. The van der Waals surface area contributed by atoms with Gasteiger partial charge in [0.05, 0.1) is 13.0 Å². The van der Waals surface area contributed by atoms with Crippen molar-refractivity contribution in [3.05, 3.63) is 66.0 Å². The van der Waals surface area contributed by atoms with Crippen molar-refractivity contribution in [3.63, 3.8) is 0 Å². The number of halogens is 1. The largest absolute Gasteiger partial charge is 0.493 e. The van der Waals surface area contributed by atoms with Gasteiger partial charge in [0, 0.05) is 13.1 Å². The Balaban J connectivity index is 1.85. The summed E-state index contributed by atoms with van der Waals surface area (Å²) < 4.78 is 18.3. The van der Waals surface area contributed by atoms with E-state index in [2.05, 4.69) is 0 Å². The Kier molecular flexibility index (Phi) is 7.23. The van der Waals surface area contributed by atoms with E-state index in [1.165, 1.54) is 12.1 Å². The van der Waals surface area contributed by atoms with Crippen LogP contribution in [0.5, 0.6) is 5.75 Å². The number of amides is 1. The number of carbonyl (C=O) groups is 1. The van der Waals surface area contributed by atoms with Crippen LogP contribution in [0.3, 0.4) is 0 Å². The molecule has 4 nitrogen and oxygen atoms in total. The minimum absolute atomic E-state index is 0.0226. The molecule has 0 heterocycles. The summed E-state index contributed by atoms with van der Waals surface area (Å²) in [5, 5.41) is 0. The topological polar surface area (TPSA) is 55.6 Å². The molecule has 0 bridgehead atoms. The summed E-state index contributed by atoms with van der Waals surface area (Å²) in [5.41, 5.74) is 6.65. The fourth-order valence-electron chi connectivity index (χ4n) is 2.32. The van der Waals surface area contributed by atoms with Gasteiger partial charge in [-0.2, -0.15) is 0 Å². The van der Waals surface area contributed by atoms with Crippen LogP contribution >= 0.6 is 0 Å². The molecule has 0 aromatic heterocycles. The van der Waals surface area contributed by atoms with Crippen molar-refractivity contribution in [2.75, 3.05) is 19.7 Å². The first-order valence-corrected chi connectivity index (χ1v) is 8.09. The van der Waals surface area contributed by atoms with Crippen LogP contribution in [0.4, 0.5) is 4.39 Å². The summed E-state index contributed by atoms with van der Waals surface area (Å²) in [6.45, 7) is 2.00. The van der Waals surface area contributed by atoms with E-state index in [4.69, 9.17) is 10.5 Å². The van der Waals surface area contributed by atoms with Crippen LogP contribution < -0.4 is 10.5 Å². The van der Waals surface area contributed by atoms with E-state index < -0.39 is 0 Å². The SMILES string of the molecule is NCCCN(Cc1ccccc1)C(=O)CCOc1ccc(F)cc1. The van der Waals surface area contributed by atoms with E-state index in [1.807, 2.05) is 30.3 Å². The third-order valence-corrected chi connectivity index (χ3v) is 3.60. The lowest BCUT2D eigenvalue weighted by atomic mass is 10.2. The van der Waals surface area contributed by atoms with Crippen LogP contribution in [0.2, 0.25) is 0 Å². The molecule has 24 heavy (non-hydrogen) atoms. The summed E-state index contributed by atoms with van der Waals surface area (Å²) in [6, 6.07) is 15.6. The third-order valence-electron chi connectivity index (χ3n) is 3.60. The van der Waals surface area contributed by atoms with E-state index in [1.54, 1.807) is 17.0 Å². The molecule has 0 fully saturated rings. The first-order chi connectivity index (χ1) is 11.7. The van der Waals surface area contributed by atoms with Crippen molar-refractivity contribution in [1.82, 2.24) is 4.90 Å². The third kappa shape index (κ3) is 6.01. The Labute approximate surface area is 142 Å². The smallest absolute Gasteiger partial charge is 0.226 e. The molecule has 0 saturated heterocycles. The molecule has 128 valence electrons. The number of carbonyl (C=O) groups excluding carboxylic acids is 1. The van der Waals surface area contributed by atoms with Gasteiger partial charge in [0.15, 0.2) is 0 Å². The molecule has 2 aromatic carbocycles. The molecular formula is C19H23FN2O2. The van der Waals surface area contributed by atoms with Gasteiger partial charge < -0.3 is 15.4 Å².